The molecule has 0 aliphatic rings. The van der Waals surface area contributed by atoms with E-state index >= 15 is 0 Å². The van der Waals surface area contributed by atoms with E-state index in [4.69, 9.17) is 9.15 Å². The number of rotatable bonds is 5. The Morgan fingerprint density at radius 1 is 0.963 bits per heavy atom. The van der Waals surface area contributed by atoms with Crippen LogP contribution in [0.25, 0.3) is 22.3 Å². The first kappa shape index (κ1) is 16.9. The highest BCUT2D eigenvalue weighted by Gasteiger charge is 2.08. The maximum Gasteiger partial charge on any atom is 0.262 e. The summed E-state index contributed by atoms with van der Waals surface area (Å²) in [5.74, 6) is 1.32. The molecule has 1 aromatic heterocycles. The third kappa shape index (κ3) is 3.85. The van der Waals surface area contributed by atoms with Gasteiger partial charge in [0.25, 0.3) is 5.91 Å². The number of para-hydroxylation sites is 2. The molecule has 4 rings (SSSR count). The zero-order valence-electron chi connectivity index (χ0n) is 14.9. The van der Waals surface area contributed by atoms with E-state index in [1.165, 1.54) is 0 Å². The lowest BCUT2D eigenvalue weighted by atomic mass is 10.1. The quantitative estimate of drug-likeness (QED) is 0.518. The van der Waals surface area contributed by atoms with Gasteiger partial charge >= 0.3 is 0 Å². The van der Waals surface area contributed by atoms with Gasteiger partial charge in [0, 0.05) is 16.6 Å². The Hall–Kier alpha value is -3.53. The average molecular weight is 357 g/mol. The first-order valence-electron chi connectivity index (χ1n) is 8.76. The number of nitrogens with one attached hydrogen (secondary N) is 1. The second-order valence-corrected chi connectivity index (χ2v) is 6.33. The van der Waals surface area contributed by atoms with Crippen LogP contribution in [0, 0.1) is 6.92 Å². The van der Waals surface area contributed by atoms with Crippen LogP contribution in [0.1, 0.15) is 5.56 Å². The van der Waals surface area contributed by atoms with Gasteiger partial charge < -0.3 is 14.5 Å². The topological polar surface area (TPSA) is 51.5 Å². The number of hydrogen-bond acceptors (Lipinski definition) is 3. The van der Waals surface area contributed by atoms with Gasteiger partial charge in [-0.25, -0.2) is 0 Å². The smallest absolute Gasteiger partial charge is 0.262 e. The van der Waals surface area contributed by atoms with Crippen LogP contribution in [0.3, 0.4) is 0 Å². The van der Waals surface area contributed by atoms with E-state index in [-0.39, 0.29) is 12.5 Å². The molecule has 0 aliphatic heterocycles. The van der Waals surface area contributed by atoms with Gasteiger partial charge in [-0.2, -0.15) is 0 Å². The van der Waals surface area contributed by atoms with Gasteiger partial charge in [-0.3, -0.25) is 4.79 Å². The molecule has 0 radical (unpaired) electrons. The summed E-state index contributed by atoms with van der Waals surface area (Å²) in [6.07, 6.45) is 0. The van der Waals surface area contributed by atoms with E-state index in [0.717, 1.165) is 27.9 Å². The molecular formula is C23H19NO3. The van der Waals surface area contributed by atoms with Crippen molar-refractivity contribution in [1.29, 1.82) is 0 Å². The van der Waals surface area contributed by atoms with Crippen molar-refractivity contribution >= 4 is 22.6 Å². The highest BCUT2D eigenvalue weighted by Crippen LogP contribution is 2.28. The number of anilines is 1. The van der Waals surface area contributed by atoms with Crippen molar-refractivity contribution in [3.63, 3.8) is 0 Å². The maximum absolute atomic E-state index is 12.1. The summed E-state index contributed by atoms with van der Waals surface area (Å²) in [7, 11) is 0. The molecule has 134 valence electrons. The van der Waals surface area contributed by atoms with Crippen LogP contribution >= 0.6 is 0 Å². The summed E-state index contributed by atoms with van der Waals surface area (Å²) in [6, 6.07) is 25.1. The number of benzene rings is 3. The van der Waals surface area contributed by atoms with E-state index in [0.29, 0.717) is 11.4 Å². The lowest BCUT2D eigenvalue weighted by Crippen LogP contribution is -2.20. The molecule has 4 heteroatoms. The molecule has 0 fully saturated rings. The minimum Gasteiger partial charge on any atom is -0.483 e. The molecule has 4 nitrogen and oxygen atoms in total. The Morgan fingerprint density at radius 3 is 2.48 bits per heavy atom. The zero-order valence-corrected chi connectivity index (χ0v) is 14.9. The normalized spacial score (nSPS) is 10.7. The highest BCUT2D eigenvalue weighted by molar-refractivity contribution is 5.92. The SMILES string of the molecule is Cc1ccccc1OCC(=O)Nc1ccc(-c2cc3ccccc3o2)cc1. The fraction of sp³-hybridized carbons (Fsp3) is 0.0870. The Balaban J connectivity index is 1.40. The average Bonchev–Trinajstić information content (AvgIpc) is 3.12. The van der Waals surface area contributed by atoms with Crippen LogP contribution in [0.4, 0.5) is 5.69 Å². The fourth-order valence-electron chi connectivity index (χ4n) is 2.90. The Labute approximate surface area is 157 Å². The molecule has 4 aromatic rings. The molecule has 0 spiro atoms. The van der Waals surface area contributed by atoms with Gasteiger partial charge in [0.15, 0.2) is 6.61 Å². The third-order valence-corrected chi connectivity index (χ3v) is 4.33. The molecule has 1 heterocycles. The third-order valence-electron chi connectivity index (χ3n) is 4.33. The van der Waals surface area contributed by atoms with Crippen molar-refractivity contribution in [3.8, 4) is 17.1 Å². The Kier molecular flexibility index (Phi) is 4.62. The zero-order chi connectivity index (χ0) is 18.6. The standard InChI is InChI=1S/C23H19NO3/c1-16-6-2-4-8-20(16)26-15-23(25)24-19-12-10-17(11-13-19)22-14-18-7-3-5-9-21(18)27-22/h2-14H,15H2,1H3,(H,24,25). The van der Waals surface area contributed by atoms with Crippen molar-refractivity contribution in [1.82, 2.24) is 0 Å². The summed E-state index contributed by atoms with van der Waals surface area (Å²) in [4.78, 5) is 12.1. The van der Waals surface area contributed by atoms with E-state index < -0.39 is 0 Å². The summed E-state index contributed by atoms with van der Waals surface area (Å²) in [5.41, 5.74) is 3.53. The number of amides is 1. The van der Waals surface area contributed by atoms with Crippen molar-refractivity contribution < 1.29 is 13.9 Å². The lowest BCUT2D eigenvalue weighted by Gasteiger charge is -2.09. The summed E-state index contributed by atoms with van der Waals surface area (Å²) < 4.78 is 11.4. The summed E-state index contributed by atoms with van der Waals surface area (Å²) in [6.45, 7) is 1.92. The molecule has 0 atom stereocenters. The number of fused-ring (bicyclic) bond motifs is 1. The number of ether oxygens (including phenoxy) is 1. The first-order valence-corrected chi connectivity index (χ1v) is 8.76. The van der Waals surface area contributed by atoms with Crippen LogP contribution in [0.15, 0.2) is 83.3 Å². The Morgan fingerprint density at radius 2 is 1.70 bits per heavy atom. The summed E-state index contributed by atoms with van der Waals surface area (Å²) >= 11 is 0. The minimum absolute atomic E-state index is 0.0316. The molecule has 3 aromatic carbocycles. The number of carbonyl (C=O) groups is 1. The largest absolute Gasteiger partial charge is 0.483 e. The highest BCUT2D eigenvalue weighted by atomic mass is 16.5. The molecule has 0 bridgehead atoms. The van der Waals surface area contributed by atoms with E-state index in [1.807, 2.05) is 85.8 Å². The van der Waals surface area contributed by atoms with E-state index in [9.17, 15) is 4.79 Å². The number of aryl methyl sites for hydroxylation is 1. The molecule has 0 saturated carbocycles. The molecule has 27 heavy (non-hydrogen) atoms. The predicted octanol–water partition coefficient (Wildman–Crippen LogP) is 5.43. The van der Waals surface area contributed by atoms with Crippen molar-refractivity contribution in [3.05, 3.63) is 84.4 Å². The molecule has 1 N–H and O–H groups in total. The maximum atomic E-state index is 12.1. The number of hydrogen-bond donors (Lipinski definition) is 1. The van der Waals surface area contributed by atoms with Gasteiger partial charge in [0.2, 0.25) is 0 Å². The lowest BCUT2D eigenvalue weighted by molar-refractivity contribution is -0.118. The fourth-order valence-corrected chi connectivity index (χ4v) is 2.90. The van der Waals surface area contributed by atoms with Gasteiger partial charge in [-0.15, -0.1) is 0 Å². The Bertz CT molecular complexity index is 1050. The van der Waals surface area contributed by atoms with Crippen molar-refractivity contribution in [2.75, 3.05) is 11.9 Å². The van der Waals surface area contributed by atoms with Gasteiger partial charge in [0.1, 0.15) is 17.1 Å². The summed E-state index contributed by atoms with van der Waals surface area (Å²) in [5, 5.41) is 3.91. The van der Waals surface area contributed by atoms with Gasteiger partial charge in [-0.1, -0.05) is 36.4 Å². The number of furan rings is 1. The van der Waals surface area contributed by atoms with Gasteiger partial charge in [0.05, 0.1) is 0 Å². The molecule has 0 aliphatic carbocycles. The minimum atomic E-state index is -0.199. The molecule has 0 unspecified atom stereocenters. The second-order valence-electron chi connectivity index (χ2n) is 6.33. The van der Waals surface area contributed by atoms with Crippen LogP contribution in [-0.4, -0.2) is 12.5 Å². The van der Waals surface area contributed by atoms with Crippen molar-refractivity contribution in [2.45, 2.75) is 6.92 Å². The number of carbonyl (C=O) groups excluding carboxylic acids is 1. The predicted molar refractivity (Wildman–Crippen MR) is 107 cm³/mol. The monoisotopic (exact) mass is 357 g/mol. The van der Waals surface area contributed by atoms with E-state index in [1.54, 1.807) is 0 Å². The van der Waals surface area contributed by atoms with Crippen LogP contribution in [0.5, 0.6) is 5.75 Å². The van der Waals surface area contributed by atoms with Crippen LogP contribution in [0.2, 0.25) is 0 Å². The van der Waals surface area contributed by atoms with Crippen LogP contribution < -0.4 is 10.1 Å². The van der Waals surface area contributed by atoms with Crippen molar-refractivity contribution in [2.24, 2.45) is 0 Å². The molecule has 1 amide bonds. The second kappa shape index (κ2) is 7.38. The van der Waals surface area contributed by atoms with E-state index in [2.05, 4.69) is 5.32 Å². The van der Waals surface area contributed by atoms with Crippen LogP contribution in [-0.2, 0) is 4.79 Å². The molecular weight excluding hydrogens is 338 g/mol. The van der Waals surface area contributed by atoms with Gasteiger partial charge in [-0.05, 0) is 55.0 Å². The molecule has 0 saturated heterocycles. The first-order chi connectivity index (χ1) is 13.2.